The Balaban J connectivity index is 2.87. The molecule has 0 spiro atoms. The van der Waals surface area contributed by atoms with Crippen LogP contribution >= 0.6 is 0 Å². The van der Waals surface area contributed by atoms with Gasteiger partial charge in [-0.25, -0.2) is 8.89 Å². The molecule has 0 fully saturated rings. The zero-order valence-electron chi connectivity index (χ0n) is 6.10. The van der Waals surface area contributed by atoms with E-state index in [-0.39, 0.29) is 5.03 Å². The third-order valence-corrected chi connectivity index (χ3v) is 1.87. The van der Waals surface area contributed by atoms with Crippen molar-refractivity contribution in [1.29, 1.82) is 0 Å². The lowest BCUT2D eigenvalue weighted by Crippen LogP contribution is -2.05. The van der Waals surface area contributed by atoms with Gasteiger partial charge in [-0.2, -0.15) is 0 Å². The molecular formula is C5H9N3O2S. The van der Waals surface area contributed by atoms with Crippen LogP contribution < -0.4 is 0 Å². The molecule has 1 N–H and O–H groups in total. The van der Waals surface area contributed by atoms with Gasteiger partial charge in [0.25, 0.3) is 0 Å². The summed E-state index contributed by atoms with van der Waals surface area (Å²) in [6.45, 7) is 2.59. The van der Waals surface area contributed by atoms with Crippen molar-refractivity contribution in [2.75, 3.05) is 0 Å². The Labute approximate surface area is 66.7 Å². The van der Waals surface area contributed by atoms with Crippen LogP contribution in [0.15, 0.2) is 11.2 Å². The molecule has 0 amide bonds. The second-order valence-corrected chi connectivity index (χ2v) is 2.96. The van der Waals surface area contributed by atoms with Gasteiger partial charge in [0, 0.05) is 6.54 Å². The monoisotopic (exact) mass is 175 g/mol. The third-order valence-electron chi connectivity index (χ3n) is 1.20. The second-order valence-electron chi connectivity index (χ2n) is 2.04. The van der Waals surface area contributed by atoms with Gasteiger partial charge in [-0.1, -0.05) is 12.1 Å². The molecular weight excluding hydrogens is 166 g/mol. The summed E-state index contributed by atoms with van der Waals surface area (Å²) in [6.07, 6.45) is 2.17. The average molecular weight is 175 g/mol. The summed E-state index contributed by atoms with van der Waals surface area (Å²) in [6, 6.07) is 0. The van der Waals surface area contributed by atoms with E-state index in [1.165, 1.54) is 10.9 Å². The number of rotatable bonds is 3. The van der Waals surface area contributed by atoms with Crippen molar-refractivity contribution in [2.45, 2.75) is 24.9 Å². The van der Waals surface area contributed by atoms with Gasteiger partial charge in [0.05, 0.1) is 6.20 Å². The first kappa shape index (κ1) is 8.35. The number of aromatic nitrogens is 3. The molecule has 0 aliphatic rings. The van der Waals surface area contributed by atoms with Crippen molar-refractivity contribution in [3.8, 4) is 0 Å². The van der Waals surface area contributed by atoms with Crippen LogP contribution in [0.2, 0.25) is 0 Å². The van der Waals surface area contributed by atoms with Crippen molar-refractivity contribution in [2.24, 2.45) is 0 Å². The first-order chi connectivity index (χ1) is 5.25. The van der Waals surface area contributed by atoms with Crippen molar-refractivity contribution >= 4 is 11.1 Å². The van der Waals surface area contributed by atoms with Crippen LogP contribution in [0.1, 0.15) is 13.3 Å². The lowest BCUT2D eigenvalue weighted by molar-refractivity contribution is 0.508. The van der Waals surface area contributed by atoms with Gasteiger partial charge < -0.3 is 4.55 Å². The Morgan fingerprint density at radius 3 is 3.09 bits per heavy atom. The summed E-state index contributed by atoms with van der Waals surface area (Å²) in [4.78, 5) is 0. The second kappa shape index (κ2) is 3.59. The van der Waals surface area contributed by atoms with E-state index in [0.29, 0.717) is 6.54 Å². The predicted molar refractivity (Wildman–Crippen MR) is 39.4 cm³/mol. The van der Waals surface area contributed by atoms with Crippen molar-refractivity contribution in [1.82, 2.24) is 15.0 Å². The standard InChI is InChI=1S/C5H9N3O2S/c1-2-3-8-5(11(9)10)4-6-7-8/h4H,2-3H2,1H3,(H,9,10). The van der Waals surface area contributed by atoms with Crippen LogP contribution in [0.4, 0.5) is 0 Å². The molecule has 0 aliphatic carbocycles. The van der Waals surface area contributed by atoms with E-state index in [0.717, 1.165) is 6.42 Å². The van der Waals surface area contributed by atoms with Crippen molar-refractivity contribution in [3.63, 3.8) is 0 Å². The Hall–Kier alpha value is -0.750. The first-order valence-electron chi connectivity index (χ1n) is 3.25. The lowest BCUT2D eigenvalue weighted by atomic mass is 10.5. The minimum atomic E-state index is -1.97. The van der Waals surface area contributed by atoms with Crippen molar-refractivity contribution in [3.05, 3.63) is 6.20 Å². The molecule has 1 atom stereocenters. The molecule has 1 aromatic rings. The Kier molecular flexibility index (Phi) is 2.72. The van der Waals surface area contributed by atoms with E-state index in [1.807, 2.05) is 6.92 Å². The van der Waals surface area contributed by atoms with E-state index < -0.39 is 11.1 Å². The third kappa shape index (κ3) is 1.84. The van der Waals surface area contributed by atoms with E-state index in [2.05, 4.69) is 10.3 Å². The largest absolute Gasteiger partial charge is 0.301 e. The number of nitrogens with zero attached hydrogens (tertiary/aromatic N) is 3. The Bertz CT molecular complexity index is 260. The van der Waals surface area contributed by atoms with Crippen molar-refractivity contribution < 1.29 is 8.76 Å². The fourth-order valence-electron chi connectivity index (χ4n) is 0.750. The van der Waals surface area contributed by atoms with Gasteiger partial charge in [0.1, 0.15) is 0 Å². The van der Waals surface area contributed by atoms with E-state index >= 15 is 0 Å². The minimum absolute atomic E-state index is 0.256. The summed E-state index contributed by atoms with van der Waals surface area (Å²) in [5.41, 5.74) is 0. The molecule has 1 rings (SSSR count). The van der Waals surface area contributed by atoms with E-state index in [1.54, 1.807) is 0 Å². The zero-order chi connectivity index (χ0) is 8.27. The SMILES string of the molecule is CCCn1nncc1S(=O)O. The van der Waals surface area contributed by atoms with Crippen LogP contribution in [0.3, 0.4) is 0 Å². The summed E-state index contributed by atoms with van der Waals surface area (Å²) < 4.78 is 20.7. The number of aryl methyl sites for hydroxylation is 1. The zero-order valence-corrected chi connectivity index (χ0v) is 6.91. The highest BCUT2D eigenvalue weighted by Crippen LogP contribution is 2.01. The van der Waals surface area contributed by atoms with Gasteiger partial charge in [-0.3, -0.25) is 0 Å². The molecule has 1 heterocycles. The summed E-state index contributed by atoms with van der Waals surface area (Å²) >= 11 is -1.97. The van der Waals surface area contributed by atoms with E-state index in [9.17, 15) is 4.21 Å². The summed E-state index contributed by atoms with van der Waals surface area (Å²) in [7, 11) is 0. The van der Waals surface area contributed by atoms with Crippen LogP contribution in [0, 0.1) is 0 Å². The van der Waals surface area contributed by atoms with Gasteiger partial charge in [0.2, 0.25) is 11.1 Å². The molecule has 0 saturated heterocycles. The molecule has 0 aromatic carbocycles. The maximum atomic E-state index is 10.6. The molecule has 11 heavy (non-hydrogen) atoms. The molecule has 62 valence electrons. The normalized spacial score (nSPS) is 13.3. The smallest absolute Gasteiger partial charge is 0.207 e. The lowest BCUT2D eigenvalue weighted by Gasteiger charge is -1.98. The molecule has 0 bridgehead atoms. The minimum Gasteiger partial charge on any atom is -0.301 e. The van der Waals surface area contributed by atoms with Crippen LogP contribution in [0.5, 0.6) is 0 Å². The maximum absolute atomic E-state index is 10.6. The molecule has 1 aromatic heterocycles. The highest BCUT2D eigenvalue weighted by molar-refractivity contribution is 7.79. The van der Waals surface area contributed by atoms with Gasteiger partial charge in [-0.05, 0) is 6.42 Å². The average Bonchev–Trinajstić information content (AvgIpc) is 2.36. The molecule has 0 saturated carbocycles. The summed E-state index contributed by atoms with van der Waals surface area (Å²) in [5, 5.41) is 7.42. The summed E-state index contributed by atoms with van der Waals surface area (Å²) in [5.74, 6) is 0. The van der Waals surface area contributed by atoms with E-state index in [4.69, 9.17) is 4.55 Å². The van der Waals surface area contributed by atoms with Crippen LogP contribution in [0.25, 0.3) is 0 Å². The van der Waals surface area contributed by atoms with Gasteiger partial charge in [0.15, 0.2) is 5.03 Å². The predicted octanol–water partition coefficient (Wildman–Crippen LogP) is 0.269. The Morgan fingerprint density at radius 1 is 1.82 bits per heavy atom. The fourth-order valence-corrected chi connectivity index (χ4v) is 1.20. The van der Waals surface area contributed by atoms with Gasteiger partial charge in [-0.15, -0.1) is 5.10 Å². The topological polar surface area (TPSA) is 68.0 Å². The van der Waals surface area contributed by atoms with Crippen LogP contribution in [-0.4, -0.2) is 23.8 Å². The Morgan fingerprint density at radius 2 is 2.55 bits per heavy atom. The highest BCUT2D eigenvalue weighted by Gasteiger charge is 2.07. The molecule has 1 unspecified atom stereocenters. The number of hydrogen-bond donors (Lipinski definition) is 1. The van der Waals surface area contributed by atoms with Gasteiger partial charge >= 0.3 is 0 Å². The number of hydrogen-bond acceptors (Lipinski definition) is 3. The molecule has 0 radical (unpaired) electrons. The van der Waals surface area contributed by atoms with Crippen LogP contribution in [-0.2, 0) is 17.6 Å². The molecule has 0 aliphatic heterocycles. The maximum Gasteiger partial charge on any atom is 0.207 e. The first-order valence-corrected chi connectivity index (χ1v) is 4.35. The highest BCUT2D eigenvalue weighted by atomic mass is 32.2. The molecule has 5 nitrogen and oxygen atoms in total. The quantitative estimate of drug-likeness (QED) is 0.669. The molecule has 6 heteroatoms. The fraction of sp³-hybridized carbons (Fsp3) is 0.600.